The number of rotatable bonds is 7. The number of sulfonamides is 1. The number of hydrogen-bond acceptors (Lipinski definition) is 5. The minimum absolute atomic E-state index is 0.0222. The van der Waals surface area contributed by atoms with Crippen LogP contribution < -0.4 is 9.46 Å². The van der Waals surface area contributed by atoms with Crippen LogP contribution in [-0.4, -0.2) is 27.2 Å². The summed E-state index contributed by atoms with van der Waals surface area (Å²) in [5.41, 5.74) is -0.390. The summed E-state index contributed by atoms with van der Waals surface area (Å²) in [4.78, 5) is 0.976. The molecule has 130 valence electrons. The topological polar surface area (TPSA) is 75.6 Å². The Labute approximate surface area is 146 Å². The average Bonchev–Trinajstić information content (AvgIpc) is 3.27. The Kier molecular flexibility index (Phi) is 4.70. The number of methoxy groups -OCH3 is 1. The molecule has 1 aromatic heterocycles. The van der Waals surface area contributed by atoms with Crippen molar-refractivity contribution in [3.8, 4) is 5.75 Å². The molecule has 2 aromatic rings. The van der Waals surface area contributed by atoms with Crippen LogP contribution in [0.5, 0.6) is 5.75 Å². The van der Waals surface area contributed by atoms with Crippen molar-refractivity contribution in [2.24, 2.45) is 5.92 Å². The summed E-state index contributed by atoms with van der Waals surface area (Å²) in [5, 5.41) is 12.9. The number of aryl methyl sites for hydroxylation is 1. The Balaban J connectivity index is 1.80. The zero-order valence-electron chi connectivity index (χ0n) is 13.7. The van der Waals surface area contributed by atoms with E-state index in [1.54, 1.807) is 26.2 Å². The van der Waals surface area contributed by atoms with E-state index in [0.717, 1.165) is 23.3 Å². The van der Waals surface area contributed by atoms with Gasteiger partial charge in [0.1, 0.15) is 11.4 Å². The number of thiophene rings is 1. The molecule has 1 saturated carbocycles. The van der Waals surface area contributed by atoms with Crippen molar-refractivity contribution in [3.63, 3.8) is 0 Å². The third kappa shape index (κ3) is 3.35. The highest BCUT2D eigenvalue weighted by Gasteiger charge is 2.46. The molecule has 1 atom stereocenters. The van der Waals surface area contributed by atoms with E-state index in [4.69, 9.17) is 4.74 Å². The summed E-state index contributed by atoms with van der Waals surface area (Å²) in [7, 11) is -2.15. The van der Waals surface area contributed by atoms with Crippen LogP contribution in [0.3, 0.4) is 0 Å². The van der Waals surface area contributed by atoms with E-state index in [1.807, 2.05) is 17.5 Å². The monoisotopic (exact) mass is 367 g/mol. The number of hydrogen-bond donors (Lipinski definition) is 2. The first-order valence-corrected chi connectivity index (χ1v) is 10.1. The van der Waals surface area contributed by atoms with Gasteiger partial charge in [-0.05, 0) is 60.9 Å². The second kappa shape index (κ2) is 6.48. The molecule has 0 radical (unpaired) electrons. The number of benzene rings is 1. The van der Waals surface area contributed by atoms with E-state index in [-0.39, 0.29) is 17.4 Å². The highest BCUT2D eigenvalue weighted by Crippen LogP contribution is 2.46. The van der Waals surface area contributed by atoms with Crippen LogP contribution in [0.15, 0.2) is 40.6 Å². The van der Waals surface area contributed by atoms with E-state index >= 15 is 0 Å². The molecule has 1 aromatic carbocycles. The van der Waals surface area contributed by atoms with E-state index < -0.39 is 15.6 Å². The molecule has 0 saturated heterocycles. The van der Waals surface area contributed by atoms with Gasteiger partial charge in [0.2, 0.25) is 10.0 Å². The van der Waals surface area contributed by atoms with Crippen molar-refractivity contribution in [1.82, 2.24) is 4.72 Å². The largest absolute Gasteiger partial charge is 0.496 e. The third-order valence-corrected chi connectivity index (χ3v) is 6.84. The molecular formula is C17H21NO4S2. The standard InChI is InChI=1S/C17H21NO4S2/c1-12-10-14(7-8-15(12)22-2)24(20,21)18-11-17(19,13-5-6-13)16-4-3-9-23-16/h3-4,7-10,13,18-19H,5-6,11H2,1-2H3. The molecule has 1 aliphatic rings. The van der Waals surface area contributed by atoms with Gasteiger partial charge >= 0.3 is 0 Å². The van der Waals surface area contributed by atoms with E-state index in [1.165, 1.54) is 17.4 Å². The Morgan fingerprint density at radius 2 is 2.12 bits per heavy atom. The third-order valence-electron chi connectivity index (χ3n) is 4.41. The van der Waals surface area contributed by atoms with Crippen LogP contribution in [0.1, 0.15) is 23.3 Å². The predicted octanol–water partition coefficient (Wildman–Crippen LogP) is 2.64. The molecule has 7 heteroatoms. The number of aliphatic hydroxyl groups is 1. The van der Waals surface area contributed by atoms with Gasteiger partial charge in [0.15, 0.2) is 0 Å². The van der Waals surface area contributed by atoms with Crippen molar-refractivity contribution in [2.45, 2.75) is 30.3 Å². The van der Waals surface area contributed by atoms with Gasteiger partial charge in [-0.25, -0.2) is 13.1 Å². The van der Waals surface area contributed by atoms with Crippen LogP contribution in [0.25, 0.3) is 0 Å². The zero-order valence-corrected chi connectivity index (χ0v) is 15.3. The molecule has 5 nitrogen and oxygen atoms in total. The number of nitrogens with one attached hydrogen (secondary N) is 1. The minimum Gasteiger partial charge on any atom is -0.496 e. The van der Waals surface area contributed by atoms with E-state index in [0.29, 0.717) is 5.75 Å². The van der Waals surface area contributed by atoms with Crippen LogP contribution >= 0.6 is 11.3 Å². The molecule has 24 heavy (non-hydrogen) atoms. The summed E-state index contributed by atoms with van der Waals surface area (Å²) >= 11 is 1.45. The second-order valence-corrected chi connectivity index (χ2v) is 8.85. The first kappa shape index (κ1) is 17.4. The first-order valence-electron chi connectivity index (χ1n) is 7.77. The fourth-order valence-electron chi connectivity index (χ4n) is 2.82. The SMILES string of the molecule is COc1ccc(S(=O)(=O)NCC(O)(c2cccs2)C2CC2)cc1C. The Bertz CT molecular complexity index is 813. The molecule has 0 aliphatic heterocycles. The van der Waals surface area contributed by atoms with Crippen molar-refractivity contribution in [3.05, 3.63) is 46.2 Å². The van der Waals surface area contributed by atoms with E-state index in [9.17, 15) is 13.5 Å². The van der Waals surface area contributed by atoms with Gasteiger partial charge in [-0.3, -0.25) is 0 Å². The molecular weight excluding hydrogens is 346 g/mol. The van der Waals surface area contributed by atoms with Gasteiger partial charge in [-0.15, -0.1) is 11.3 Å². The lowest BCUT2D eigenvalue weighted by Gasteiger charge is -2.27. The van der Waals surface area contributed by atoms with Crippen molar-refractivity contribution in [1.29, 1.82) is 0 Å². The molecule has 0 spiro atoms. The maximum atomic E-state index is 12.6. The summed E-state index contributed by atoms with van der Waals surface area (Å²) in [6, 6.07) is 8.44. The first-order chi connectivity index (χ1) is 11.4. The lowest BCUT2D eigenvalue weighted by Crippen LogP contribution is -2.41. The summed E-state index contributed by atoms with van der Waals surface area (Å²) in [6.45, 7) is 1.77. The Morgan fingerprint density at radius 1 is 1.38 bits per heavy atom. The van der Waals surface area contributed by atoms with Crippen molar-refractivity contribution >= 4 is 21.4 Å². The maximum Gasteiger partial charge on any atom is 0.240 e. The van der Waals surface area contributed by atoms with Crippen LogP contribution in [0.4, 0.5) is 0 Å². The van der Waals surface area contributed by atoms with Crippen molar-refractivity contribution in [2.75, 3.05) is 13.7 Å². The van der Waals surface area contributed by atoms with Crippen LogP contribution in [0.2, 0.25) is 0 Å². The summed E-state index contributed by atoms with van der Waals surface area (Å²) in [5.74, 6) is 0.749. The Hall–Kier alpha value is -1.41. The lowest BCUT2D eigenvalue weighted by molar-refractivity contribution is 0.0222. The van der Waals surface area contributed by atoms with Gasteiger partial charge in [0, 0.05) is 11.4 Å². The van der Waals surface area contributed by atoms with Gasteiger partial charge in [0.05, 0.1) is 12.0 Å². The maximum absolute atomic E-state index is 12.6. The fraction of sp³-hybridized carbons (Fsp3) is 0.412. The highest BCUT2D eigenvalue weighted by molar-refractivity contribution is 7.89. The summed E-state index contributed by atoms with van der Waals surface area (Å²) < 4.78 is 32.9. The van der Waals surface area contributed by atoms with Gasteiger partial charge in [-0.1, -0.05) is 6.07 Å². The molecule has 0 amide bonds. The van der Waals surface area contributed by atoms with Gasteiger partial charge < -0.3 is 9.84 Å². The smallest absolute Gasteiger partial charge is 0.240 e. The molecule has 2 N–H and O–H groups in total. The molecule has 1 aliphatic carbocycles. The molecule has 0 bridgehead atoms. The molecule has 3 rings (SSSR count). The van der Waals surface area contributed by atoms with Gasteiger partial charge in [0.25, 0.3) is 0 Å². The molecule has 1 unspecified atom stereocenters. The quantitative estimate of drug-likeness (QED) is 0.789. The van der Waals surface area contributed by atoms with Crippen molar-refractivity contribution < 1.29 is 18.3 Å². The molecule has 1 heterocycles. The predicted molar refractivity (Wildman–Crippen MR) is 93.9 cm³/mol. The highest BCUT2D eigenvalue weighted by atomic mass is 32.2. The van der Waals surface area contributed by atoms with Crippen LogP contribution in [-0.2, 0) is 15.6 Å². The van der Waals surface area contributed by atoms with Gasteiger partial charge in [-0.2, -0.15) is 0 Å². The summed E-state index contributed by atoms with van der Waals surface area (Å²) in [6.07, 6.45) is 1.83. The molecule has 1 fully saturated rings. The fourth-order valence-corrected chi connectivity index (χ4v) is 4.88. The second-order valence-electron chi connectivity index (χ2n) is 6.13. The zero-order chi connectivity index (χ0) is 17.4. The Morgan fingerprint density at radius 3 is 2.67 bits per heavy atom. The average molecular weight is 367 g/mol. The number of ether oxygens (including phenoxy) is 1. The normalized spacial score (nSPS) is 17.5. The lowest BCUT2D eigenvalue weighted by atomic mass is 9.96. The van der Waals surface area contributed by atoms with E-state index in [2.05, 4.69) is 4.72 Å². The van der Waals surface area contributed by atoms with Crippen LogP contribution in [0, 0.1) is 12.8 Å². The minimum atomic E-state index is -3.70.